The Morgan fingerprint density at radius 3 is 2.23 bits per heavy atom. The fraction of sp³-hybridized carbons (Fsp3) is 0.250. The number of rotatable bonds is 3. The van der Waals surface area contributed by atoms with Gasteiger partial charge < -0.3 is 4.90 Å². The summed E-state index contributed by atoms with van der Waals surface area (Å²) >= 11 is 1.85. The minimum Gasteiger partial charge on any atom is -0.337 e. The lowest BCUT2D eigenvalue weighted by Gasteiger charge is -2.26. The van der Waals surface area contributed by atoms with Gasteiger partial charge in [0, 0.05) is 30.2 Å². The smallest absolute Gasteiger partial charge is 0.261 e. The predicted octanol–water partition coefficient (Wildman–Crippen LogP) is 2.67. The number of hydrogen-bond donors (Lipinski definition) is 0. The Bertz CT molecular complexity index is 855. The fourth-order valence-electron chi connectivity index (χ4n) is 3.32. The van der Waals surface area contributed by atoms with Gasteiger partial charge in [0.1, 0.15) is 0 Å². The van der Waals surface area contributed by atoms with E-state index in [2.05, 4.69) is 0 Å². The lowest BCUT2D eigenvalue weighted by Crippen LogP contribution is -2.38. The Balaban J connectivity index is 1.54. The zero-order valence-electron chi connectivity index (χ0n) is 14.2. The highest BCUT2D eigenvalue weighted by atomic mass is 32.2. The van der Waals surface area contributed by atoms with E-state index >= 15 is 0 Å². The molecule has 2 aromatic carbocycles. The standard InChI is InChI=1S/C20H18N2O3S/c23-18(21-8-10-26-11-9-21)15-5-3-4-14(12-15)13-22-19(24)16-6-1-2-7-17(16)20(22)25/h1-7,12H,8-11,13H2. The van der Waals surface area contributed by atoms with Crippen molar-refractivity contribution in [1.82, 2.24) is 9.80 Å². The van der Waals surface area contributed by atoms with Gasteiger partial charge in [-0.15, -0.1) is 0 Å². The second-order valence-electron chi connectivity index (χ2n) is 6.35. The molecule has 5 nitrogen and oxygen atoms in total. The zero-order valence-corrected chi connectivity index (χ0v) is 15.0. The number of thioether (sulfide) groups is 1. The maximum atomic E-state index is 12.7. The highest BCUT2D eigenvalue weighted by Crippen LogP contribution is 2.24. The van der Waals surface area contributed by atoms with Crippen molar-refractivity contribution in [2.24, 2.45) is 0 Å². The highest BCUT2D eigenvalue weighted by Gasteiger charge is 2.35. The minimum absolute atomic E-state index is 0.00881. The minimum atomic E-state index is -0.282. The van der Waals surface area contributed by atoms with Gasteiger partial charge in [-0.1, -0.05) is 24.3 Å². The first kappa shape index (κ1) is 16.8. The van der Waals surface area contributed by atoms with Crippen LogP contribution in [0.3, 0.4) is 0 Å². The number of nitrogens with zero attached hydrogens (tertiary/aromatic N) is 2. The van der Waals surface area contributed by atoms with Crippen LogP contribution >= 0.6 is 11.8 Å². The maximum Gasteiger partial charge on any atom is 0.261 e. The van der Waals surface area contributed by atoms with Crippen LogP contribution in [-0.4, -0.2) is 52.1 Å². The number of carbonyl (C=O) groups is 3. The summed E-state index contributed by atoms with van der Waals surface area (Å²) in [5.74, 6) is 1.36. The molecule has 2 aliphatic heterocycles. The molecule has 0 unspecified atom stereocenters. The molecular formula is C20H18N2O3S. The predicted molar refractivity (Wildman–Crippen MR) is 100 cm³/mol. The summed E-state index contributed by atoms with van der Waals surface area (Å²) in [6, 6.07) is 14.1. The molecule has 0 N–H and O–H groups in total. The number of benzene rings is 2. The Morgan fingerprint density at radius 1 is 0.923 bits per heavy atom. The third-order valence-corrected chi connectivity index (χ3v) is 5.63. The number of hydrogen-bond acceptors (Lipinski definition) is 4. The summed E-state index contributed by atoms with van der Waals surface area (Å²) in [6.45, 7) is 1.68. The van der Waals surface area contributed by atoms with Crippen LogP contribution in [0.25, 0.3) is 0 Å². The molecule has 26 heavy (non-hydrogen) atoms. The molecule has 0 saturated carbocycles. The van der Waals surface area contributed by atoms with Gasteiger partial charge in [0.15, 0.2) is 0 Å². The highest BCUT2D eigenvalue weighted by molar-refractivity contribution is 7.99. The topological polar surface area (TPSA) is 57.7 Å². The molecule has 3 amide bonds. The van der Waals surface area contributed by atoms with Crippen molar-refractivity contribution in [3.05, 3.63) is 70.8 Å². The van der Waals surface area contributed by atoms with Crippen molar-refractivity contribution >= 4 is 29.5 Å². The fourth-order valence-corrected chi connectivity index (χ4v) is 4.22. The van der Waals surface area contributed by atoms with Crippen LogP contribution in [0.15, 0.2) is 48.5 Å². The summed E-state index contributed by atoms with van der Waals surface area (Å²) in [6.07, 6.45) is 0. The number of imide groups is 1. The monoisotopic (exact) mass is 366 g/mol. The van der Waals surface area contributed by atoms with Crippen LogP contribution in [0.1, 0.15) is 36.6 Å². The molecule has 2 heterocycles. The summed E-state index contributed by atoms with van der Waals surface area (Å²) in [5, 5.41) is 0. The molecule has 0 atom stereocenters. The number of carbonyl (C=O) groups excluding carboxylic acids is 3. The Hall–Kier alpha value is -2.60. The lowest BCUT2D eigenvalue weighted by atomic mass is 10.1. The second-order valence-corrected chi connectivity index (χ2v) is 7.57. The largest absolute Gasteiger partial charge is 0.337 e. The molecule has 132 valence electrons. The molecule has 0 aliphatic carbocycles. The summed E-state index contributed by atoms with van der Waals surface area (Å²) in [7, 11) is 0. The van der Waals surface area contributed by atoms with Crippen molar-refractivity contribution in [3.63, 3.8) is 0 Å². The molecule has 6 heteroatoms. The van der Waals surface area contributed by atoms with Gasteiger partial charge >= 0.3 is 0 Å². The van der Waals surface area contributed by atoms with Gasteiger partial charge in [0.25, 0.3) is 17.7 Å². The molecule has 2 aliphatic rings. The van der Waals surface area contributed by atoms with Crippen molar-refractivity contribution in [3.8, 4) is 0 Å². The van der Waals surface area contributed by atoms with Crippen LogP contribution in [0, 0.1) is 0 Å². The molecule has 1 fully saturated rings. The van der Waals surface area contributed by atoms with Gasteiger partial charge in [-0.05, 0) is 29.8 Å². The molecule has 0 spiro atoms. The summed E-state index contributed by atoms with van der Waals surface area (Å²) in [4.78, 5) is 40.8. The average molecular weight is 366 g/mol. The molecule has 2 aromatic rings. The van der Waals surface area contributed by atoms with Crippen LogP contribution in [0.2, 0.25) is 0 Å². The number of fused-ring (bicyclic) bond motifs is 1. The van der Waals surface area contributed by atoms with Crippen LogP contribution < -0.4 is 0 Å². The van der Waals surface area contributed by atoms with Crippen LogP contribution in [0.5, 0.6) is 0 Å². The van der Waals surface area contributed by atoms with E-state index in [1.165, 1.54) is 4.90 Å². The SMILES string of the molecule is O=C(c1cccc(CN2C(=O)c3ccccc3C2=O)c1)N1CCSCC1. The van der Waals surface area contributed by atoms with E-state index in [4.69, 9.17) is 0 Å². The van der Waals surface area contributed by atoms with Crippen molar-refractivity contribution < 1.29 is 14.4 Å². The second kappa shape index (κ2) is 6.96. The van der Waals surface area contributed by atoms with E-state index in [9.17, 15) is 14.4 Å². The first-order valence-corrected chi connectivity index (χ1v) is 9.72. The first-order chi connectivity index (χ1) is 12.6. The van der Waals surface area contributed by atoms with E-state index in [0.717, 1.165) is 30.2 Å². The van der Waals surface area contributed by atoms with E-state index in [-0.39, 0.29) is 24.3 Å². The summed E-state index contributed by atoms with van der Waals surface area (Å²) < 4.78 is 0. The van der Waals surface area contributed by atoms with E-state index in [0.29, 0.717) is 16.7 Å². The Kier molecular flexibility index (Phi) is 4.51. The zero-order chi connectivity index (χ0) is 18.1. The van der Waals surface area contributed by atoms with E-state index < -0.39 is 0 Å². The lowest BCUT2D eigenvalue weighted by molar-refractivity contribution is 0.0642. The van der Waals surface area contributed by atoms with E-state index in [1.807, 2.05) is 22.7 Å². The quantitative estimate of drug-likeness (QED) is 0.784. The molecule has 4 rings (SSSR count). The van der Waals surface area contributed by atoms with Gasteiger partial charge in [-0.3, -0.25) is 19.3 Å². The number of amides is 3. The normalized spacial score (nSPS) is 16.8. The molecular weight excluding hydrogens is 348 g/mol. The van der Waals surface area contributed by atoms with Crippen molar-refractivity contribution in [1.29, 1.82) is 0 Å². The maximum absolute atomic E-state index is 12.7. The Labute approximate surface area is 156 Å². The molecule has 0 radical (unpaired) electrons. The van der Waals surface area contributed by atoms with Crippen LogP contribution in [0.4, 0.5) is 0 Å². The van der Waals surface area contributed by atoms with Gasteiger partial charge in [0.2, 0.25) is 0 Å². The first-order valence-electron chi connectivity index (χ1n) is 8.56. The van der Waals surface area contributed by atoms with Crippen LogP contribution in [-0.2, 0) is 6.54 Å². The summed E-state index contributed by atoms with van der Waals surface area (Å²) in [5.41, 5.74) is 2.26. The van der Waals surface area contributed by atoms with Gasteiger partial charge in [-0.2, -0.15) is 11.8 Å². The third kappa shape index (κ3) is 3.01. The van der Waals surface area contributed by atoms with Crippen molar-refractivity contribution in [2.45, 2.75) is 6.54 Å². The molecule has 0 aromatic heterocycles. The van der Waals surface area contributed by atoms with Gasteiger partial charge in [-0.25, -0.2) is 0 Å². The van der Waals surface area contributed by atoms with Crippen molar-refractivity contribution in [2.75, 3.05) is 24.6 Å². The molecule has 1 saturated heterocycles. The third-order valence-electron chi connectivity index (χ3n) is 4.69. The average Bonchev–Trinajstić information content (AvgIpc) is 2.93. The Morgan fingerprint density at radius 2 is 1.58 bits per heavy atom. The molecule has 0 bridgehead atoms. The van der Waals surface area contributed by atoms with Gasteiger partial charge in [0.05, 0.1) is 17.7 Å². The van der Waals surface area contributed by atoms with E-state index in [1.54, 1.807) is 42.5 Å².